The summed E-state index contributed by atoms with van der Waals surface area (Å²) in [5.41, 5.74) is 1.14. The summed E-state index contributed by atoms with van der Waals surface area (Å²) in [6.07, 6.45) is -9.81. The van der Waals surface area contributed by atoms with Crippen LogP contribution in [0.5, 0.6) is 5.75 Å². The van der Waals surface area contributed by atoms with Gasteiger partial charge in [0, 0.05) is 12.8 Å². The first-order valence-electron chi connectivity index (χ1n) is 17.1. The van der Waals surface area contributed by atoms with Crippen LogP contribution < -0.4 is 31.9 Å². The number of phenols is 1. The molecule has 1 aliphatic rings. The molecule has 12 N–H and O–H groups in total. The number of benzene rings is 2. The number of phenolic OH excluding ortho intramolecular Hbond substituents is 1. The summed E-state index contributed by atoms with van der Waals surface area (Å²) in [5, 5.41) is 72.4. The summed E-state index contributed by atoms with van der Waals surface area (Å²) in [5.74, 6) is -6.49. The summed E-state index contributed by atoms with van der Waals surface area (Å²) >= 11 is 0. The van der Waals surface area contributed by atoms with Crippen molar-refractivity contribution in [3.8, 4) is 5.75 Å². The number of rotatable bonds is 18. The van der Waals surface area contributed by atoms with E-state index in [9.17, 15) is 64.2 Å². The van der Waals surface area contributed by atoms with Crippen LogP contribution in [0, 0.1) is 5.92 Å². The topological polar surface area (TPSA) is 322 Å². The number of aromatic hydroxyl groups is 1. The van der Waals surface area contributed by atoms with Crippen LogP contribution in [-0.4, -0.2) is 134 Å². The van der Waals surface area contributed by atoms with Crippen molar-refractivity contribution in [1.82, 2.24) is 31.9 Å². The molecule has 300 valence electrons. The maximum atomic E-state index is 13.6. The minimum Gasteiger partial charge on any atom is -0.508 e. The summed E-state index contributed by atoms with van der Waals surface area (Å²) in [4.78, 5) is 87.9. The number of carboxylic acid groups (broad SMARTS) is 2. The molecule has 2 aromatic rings. The molecule has 20 nitrogen and oxygen atoms in total. The van der Waals surface area contributed by atoms with Gasteiger partial charge in [0.05, 0.1) is 13.1 Å². The molecule has 1 fully saturated rings. The number of carbonyl (C=O) groups excluding carboxylic acids is 5. The van der Waals surface area contributed by atoms with Gasteiger partial charge in [-0.15, -0.1) is 0 Å². The normalized spacial score (nSPS) is 20.9. The quantitative estimate of drug-likeness (QED) is 0.0722. The summed E-state index contributed by atoms with van der Waals surface area (Å²) < 4.78 is 5.06. The van der Waals surface area contributed by atoms with Crippen LogP contribution in [0.2, 0.25) is 0 Å². The summed E-state index contributed by atoms with van der Waals surface area (Å²) in [6.45, 7) is 2.23. The maximum absolute atomic E-state index is 13.6. The Morgan fingerprint density at radius 1 is 0.673 bits per heavy atom. The standard InChI is InChI=1S/C35H46N6O14/c1-17(2)12-21(40-35(54)41-32-28(47)26(45)27(46)29(55-32)34(52)53)31(49)39-22(13-18-6-4-3-5-7-18)30(48)37-15-24(43)36-16-25(44)38-23(33(50)51)14-19-8-10-20(42)11-9-19/h3-11,17,21-23,26-29,32,42,45-47H,12-16H2,1-2H3,(H,36,43)(H,37,48)(H,38,44)(H,39,49)(H,50,51)(H,52,53)(H2,40,41,54)/t21-,22-,23-,26-,27-,28+,29-,32+/m0/s1. The lowest BCUT2D eigenvalue weighted by atomic mass is 9.98. The first-order chi connectivity index (χ1) is 25.9. The molecule has 8 atom stereocenters. The fourth-order valence-electron chi connectivity index (χ4n) is 5.41. The van der Waals surface area contributed by atoms with Crippen LogP contribution in [0.25, 0.3) is 0 Å². The van der Waals surface area contributed by atoms with E-state index in [1.54, 1.807) is 44.2 Å². The van der Waals surface area contributed by atoms with Crippen molar-refractivity contribution in [1.29, 1.82) is 0 Å². The highest BCUT2D eigenvalue weighted by molar-refractivity contribution is 5.94. The predicted octanol–water partition coefficient (Wildman–Crippen LogP) is -2.93. The van der Waals surface area contributed by atoms with Crippen molar-refractivity contribution >= 4 is 41.6 Å². The highest BCUT2D eigenvalue weighted by Gasteiger charge is 2.47. The first-order valence-corrected chi connectivity index (χ1v) is 17.1. The van der Waals surface area contributed by atoms with Crippen molar-refractivity contribution in [3.63, 3.8) is 0 Å². The lowest BCUT2D eigenvalue weighted by Crippen LogP contribution is -2.65. The predicted molar refractivity (Wildman–Crippen MR) is 189 cm³/mol. The Hall–Kier alpha value is -5.83. The van der Waals surface area contributed by atoms with Crippen LogP contribution in [0.15, 0.2) is 54.6 Å². The average Bonchev–Trinajstić information content (AvgIpc) is 3.13. The Morgan fingerprint density at radius 3 is 1.87 bits per heavy atom. The van der Waals surface area contributed by atoms with Gasteiger partial charge in [0.2, 0.25) is 23.6 Å². The van der Waals surface area contributed by atoms with Gasteiger partial charge in [-0.1, -0.05) is 56.3 Å². The Bertz CT molecular complexity index is 1660. The van der Waals surface area contributed by atoms with Crippen molar-refractivity contribution in [2.24, 2.45) is 5.92 Å². The number of urea groups is 1. The van der Waals surface area contributed by atoms with E-state index >= 15 is 0 Å². The Labute approximate surface area is 314 Å². The second kappa shape index (κ2) is 20.6. The molecule has 55 heavy (non-hydrogen) atoms. The minimum absolute atomic E-state index is 0.0196. The molecule has 2 aromatic carbocycles. The molecule has 0 spiro atoms. The monoisotopic (exact) mass is 774 g/mol. The van der Waals surface area contributed by atoms with Gasteiger partial charge < -0.3 is 67.3 Å². The number of aliphatic hydroxyl groups is 3. The van der Waals surface area contributed by atoms with Gasteiger partial charge in [0.25, 0.3) is 0 Å². The van der Waals surface area contributed by atoms with E-state index in [0.717, 1.165) is 0 Å². The van der Waals surface area contributed by atoms with Crippen LogP contribution in [-0.2, 0) is 46.3 Å². The lowest BCUT2D eigenvalue weighted by Gasteiger charge is -2.39. The third kappa shape index (κ3) is 13.8. The van der Waals surface area contributed by atoms with Gasteiger partial charge >= 0.3 is 18.0 Å². The number of aliphatic hydroxyl groups excluding tert-OH is 3. The molecule has 20 heteroatoms. The van der Waals surface area contributed by atoms with Crippen LogP contribution >= 0.6 is 0 Å². The van der Waals surface area contributed by atoms with E-state index in [2.05, 4.69) is 31.9 Å². The fourth-order valence-corrected chi connectivity index (χ4v) is 5.41. The summed E-state index contributed by atoms with van der Waals surface area (Å²) in [7, 11) is 0. The van der Waals surface area contributed by atoms with Gasteiger partial charge in [0.1, 0.15) is 42.2 Å². The van der Waals surface area contributed by atoms with E-state index in [1.165, 1.54) is 24.3 Å². The second-order valence-corrected chi connectivity index (χ2v) is 13.2. The van der Waals surface area contributed by atoms with Crippen molar-refractivity contribution < 1.29 is 68.9 Å². The molecule has 6 amide bonds. The fraction of sp³-hybridized carbons (Fsp3) is 0.457. The lowest BCUT2D eigenvalue weighted by molar-refractivity contribution is -0.231. The molecule has 0 aromatic heterocycles. The first kappa shape index (κ1) is 43.6. The van der Waals surface area contributed by atoms with Gasteiger partial charge in [-0.2, -0.15) is 0 Å². The molecule has 0 aliphatic carbocycles. The molecule has 1 saturated heterocycles. The molecule has 0 saturated carbocycles. The Kier molecular flexibility index (Phi) is 16.3. The summed E-state index contributed by atoms with van der Waals surface area (Å²) in [6, 6.07) is 9.17. The molecule has 1 aliphatic heterocycles. The SMILES string of the molecule is CC(C)C[C@H](NC(=O)N[C@@H]1O[C@H](C(=O)O)[C@@H](O)[C@H](O)[C@H]1O)C(=O)N[C@@H](Cc1ccccc1)C(=O)NCC(=O)NCC(=O)N[C@@H](Cc1ccc(O)cc1)C(=O)O. The van der Waals surface area contributed by atoms with Gasteiger partial charge in [-0.05, 0) is 35.6 Å². The Morgan fingerprint density at radius 2 is 1.27 bits per heavy atom. The van der Waals surface area contributed by atoms with E-state index in [-0.39, 0.29) is 30.9 Å². The Balaban J connectivity index is 1.61. The van der Waals surface area contributed by atoms with E-state index < -0.39 is 103 Å². The highest BCUT2D eigenvalue weighted by Crippen LogP contribution is 2.20. The molecule has 1 heterocycles. The molecule has 0 unspecified atom stereocenters. The smallest absolute Gasteiger partial charge is 0.335 e. The van der Waals surface area contributed by atoms with E-state index in [0.29, 0.717) is 11.1 Å². The zero-order chi connectivity index (χ0) is 40.8. The second-order valence-electron chi connectivity index (χ2n) is 13.2. The van der Waals surface area contributed by atoms with Crippen LogP contribution in [0.4, 0.5) is 4.79 Å². The van der Waals surface area contributed by atoms with Gasteiger partial charge in [-0.25, -0.2) is 14.4 Å². The molecular formula is C35H46N6O14. The minimum atomic E-state index is -1.99. The molecule has 0 radical (unpaired) electrons. The number of aliphatic carboxylic acids is 2. The van der Waals surface area contributed by atoms with E-state index in [1.807, 2.05) is 0 Å². The van der Waals surface area contributed by atoms with Crippen LogP contribution in [0.1, 0.15) is 31.4 Å². The third-order valence-electron chi connectivity index (χ3n) is 8.25. The molecule has 3 rings (SSSR count). The molecule has 0 bridgehead atoms. The zero-order valence-electron chi connectivity index (χ0n) is 29.9. The number of carbonyl (C=O) groups is 7. The van der Waals surface area contributed by atoms with Crippen molar-refractivity contribution in [3.05, 3.63) is 65.7 Å². The largest absolute Gasteiger partial charge is 0.508 e. The third-order valence-corrected chi connectivity index (χ3v) is 8.25. The van der Waals surface area contributed by atoms with Gasteiger partial charge in [0.15, 0.2) is 12.3 Å². The highest BCUT2D eigenvalue weighted by atomic mass is 16.6. The number of ether oxygens (including phenoxy) is 1. The van der Waals surface area contributed by atoms with E-state index in [4.69, 9.17) is 4.74 Å². The average molecular weight is 775 g/mol. The number of hydrogen-bond donors (Lipinski definition) is 12. The number of hydrogen-bond acceptors (Lipinski definition) is 12. The zero-order valence-corrected chi connectivity index (χ0v) is 29.9. The number of carboxylic acids is 2. The van der Waals surface area contributed by atoms with Crippen LogP contribution in [0.3, 0.4) is 0 Å². The maximum Gasteiger partial charge on any atom is 0.335 e. The van der Waals surface area contributed by atoms with Crippen molar-refractivity contribution in [2.75, 3.05) is 13.1 Å². The van der Waals surface area contributed by atoms with Crippen molar-refractivity contribution in [2.45, 2.75) is 81.9 Å². The molecular weight excluding hydrogens is 728 g/mol. The van der Waals surface area contributed by atoms with Gasteiger partial charge in [-0.3, -0.25) is 19.2 Å². The number of nitrogens with one attached hydrogen (secondary N) is 6. The number of amides is 6.